The predicted octanol–water partition coefficient (Wildman–Crippen LogP) is 5.09. The Bertz CT molecular complexity index is 1580. The number of ether oxygens (including phenoxy) is 5. The van der Waals surface area contributed by atoms with Gasteiger partial charge in [0.15, 0.2) is 0 Å². The maximum atomic E-state index is 9.89. The van der Waals surface area contributed by atoms with Crippen molar-refractivity contribution in [1.82, 2.24) is 0 Å². The van der Waals surface area contributed by atoms with E-state index in [2.05, 4.69) is 63.4 Å². The fraction of sp³-hybridized carbons (Fsp3) is 0.421. The molecule has 0 saturated heterocycles. The average molecular weight is 917 g/mol. The van der Waals surface area contributed by atoms with E-state index in [9.17, 15) is 25.5 Å². The van der Waals surface area contributed by atoms with E-state index in [-0.39, 0.29) is 78.1 Å². The zero-order chi connectivity index (χ0) is 36.0. The van der Waals surface area contributed by atoms with Gasteiger partial charge in [0.25, 0.3) is 0 Å². The molecule has 0 amide bonds. The lowest BCUT2D eigenvalue weighted by atomic mass is 9.81. The van der Waals surface area contributed by atoms with Crippen molar-refractivity contribution in [2.24, 2.45) is 5.92 Å². The zero-order valence-electron chi connectivity index (χ0n) is 28.3. The minimum absolute atomic E-state index is 0.0753. The highest BCUT2D eigenvalue weighted by Crippen LogP contribution is 2.50. The molecule has 2 unspecified atom stereocenters. The van der Waals surface area contributed by atoms with Crippen molar-refractivity contribution in [2.75, 3.05) is 66.1 Å². The lowest BCUT2D eigenvalue weighted by Gasteiger charge is -2.30. The summed E-state index contributed by atoms with van der Waals surface area (Å²) in [4.78, 5) is 0. The van der Waals surface area contributed by atoms with E-state index in [0.717, 1.165) is 40.5 Å². The summed E-state index contributed by atoms with van der Waals surface area (Å²) in [5.41, 5.74) is 5.32. The highest BCUT2D eigenvalue weighted by molar-refractivity contribution is 14.1. The summed E-state index contributed by atoms with van der Waals surface area (Å²) < 4.78 is 32.4. The molecule has 3 aromatic rings. The van der Waals surface area contributed by atoms with Crippen molar-refractivity contribution < 1.29 is 49.2 Å². The Balaban J connectivity index is 2.03. The van der Waals surface area contributed by atoms with Gasteiger partial charge >= 0.3 is 0 Å². The monoisotopic (exact) mass is 916 g/mol. The van der Waals surface area contributed by atoms with Crippen molar-refractivity contribution in [3.63, 3.8) is 0 Å². The van der Waals surface area contributed by atoms with Crippen molar-refractivity contribution in [1.29, 1.82) is 0 Å². The van der Waals surface area contributed by atoms with E-state index in [0.29, 0.717) is 17.2 Å². The van der Waals surface area contributed by atoms with Crippen LogP contribution in [-0.4, -0.2) is 104 Å². The lowest BCUT2D eigenvalue weighted by molar-refractivity contribution is 0.0178. The quantitative estimate of drug-likeness (QED) is 0.0769. The summed E-state index contributed by atoms with van der Waals surface area (Å²) in [5.74, 6) is 1.11. The summed E-state index contributed by atoms with van der Waals surface area (Å²) >= 11 is 4.54. The molecule has 4 atom stereocenters. The van der Waals surface area contributed by atoms with E-state index in [4.69, 9.17) is 23.7 Å². The molecule has 0 aromatic heterocycles. The van der Waals surface area contributed by atoms with Crippen LogP contribution in [0, 0.1) is 13.1 Å². The first-order valence-corrected chi connectivity index (χ1v) is 18.7. The first kappa shape index (κ1) is 40.5. The van der Waals surface area contributed by atoms with Gasteiger partial charge in [0.2, 0.25) is 0 Å². The molecule has 272 valence electrons. The molecule has 12 heteroatoms. The number of aliphatic hydroxyl groups is 5. The molecule has 1 aliphatic carbocycles. The third-order valence-corrected chi connectivity index (χ3v) is 9.71. The highest BCUT2D eigenvalue weighted by atomic mass is 127. The number of hydrogen-bond donors (Lipinski definition) is 5. The lowest BCUT2D eigenvalue weighted by Crippen LogP contribution is -2.27. The van der Waals surface area contributed by atoms with Crippen LogP contribution in [-0.2, 0) is 9.47 Å². The minimum Gasteiger partial charge on any atom is -0.491 e. The standard InChI is InChI=1S/C38H46I2O10/c1-3-29-30(24(2)46-15-10-41)23-33(37(29)49-18-13-44)36(32-21-27(39)22-34(40)38(32)50-19-14-45)31-20-26(6-9-35(31)48-17-12-43)25-4-7-28(8-5-25)47-16-11-42/h3-9,20-24,30,36-37,41-45H,10-19H2,1-2H3/b29-3+/t24-,30+,36?,37?/m1/s1. The molecule has 50 heavy (non-hydrogen) atoms. The van der Waals surface area contributed by atoms with Gasteiger partial charge in [-0.05, 0) is 118 Å². The first-order chi connectivity index (χ1) is 24.3. The van der Waals surface area contributed by atoms with Gasteiger partial charge in [-0.15, -0.1) is 0 Å². The number of rotatable bonds is 20. The van der Waals surface area contributed by atoms with E-state index in [1.165, 1.54) is 0 Å². The van der Waals surface area contributed by atoms with Gasteiger partial charge in [0.1, 0.15) is 43.2 Å². The fourth-order valence-electron chi connectivity index (χ4n) is 6.23. The topological polar surface area (TPSA) is 147 Å². The SMILES string of the molecule is C/C=C1/C(OCCO)C(C(c2cc(-c3ccc(OCCO)cc3)ccc2OCCO)c2cc(I)cc(I)c2OCCO)=C[C@H]1[C@@H](C)OCCO. The van der Waals surface area contributed by atoms with Gasteiger partial charge in [-0.25, -0.2) is 0 Å². The zero-order valence-corrected chi connectivity index (χ0v) is 32.6. The van der Waals surface area contributed by atoms with Crippen LogP contribution in [0.1, 0.15) is 30.9 Å². The van der Waals surface area contributed by atoms with Gasteiger partial charge < -0.3 is 49.2 Å². The number of hydrogen-bond acceptors (Lipinski definition) is 10. The molecule has 0 aliphatic heterocycles. The maximum Gasteiger partial charge on any atom is 0.136 e. The van der Waals surface area contributed by atoms with Crippen LogP contribution >= 0.6 is 45.2 Å². The predicted molar refractivity (Wildman–Crippen MR) is 208 cm³/mol. The Morgan fingerprint density at radius 3 is 2.02 bits per heavy atom. The van der Waals surface area contributed by atoms with Crippen molar-refractivity contribution in [2.45, 2.75) is 32.0 Å². The second-order valence-corrected chi connectivity index (χ2v) is 13.9. The Hall–Kier alpha value is -2.28. The van der Waals surface area contributed by atoms with E-state index >= 15 is 0 Å². The largest absolute Gasteiger partial charge is 0.491 e. The van der Waals surface area contributed by atoms with Crippen molar-refractivity contribution >= 4 is 45.2 Å². The minimum atomic E-state index is -0.541. The third kappa shape index (κ3) is 10.2. The van der Waals surface area contributed by atoms with E-state index < -0.39 is 12.0 Å². The van der Waals surface area contributed by atoms with Crippen molar-refractivity contribution in [3.8, 4) is 28.4 Å². The Morgan fingerprint density at radius 2 is 1.36 bits per heavy atom. The molecule has 0 fully saturated rings. The number of halogens is 2. The van der Waals surface area contributed by atoms with Crippen LogP contribution < -0.4 is 14.2 Å². The van der Waals surface area contributed by atoms with Gasteiger partial charge in [-0.3, -0.25) is 0 Å². The molecule has 0 saturated carbocycles. The number of benzene rings is 3. The Morgan fingerprint density at radius 1 is 0.720 bits per heavy atom. The molecular formula is C38H46I2O10. The molecule has 4 rings (SSSR count). The van der Waals surface area contributed by atoms with Crippen LogP contribution in [0.3, 0.4) is 0 Å². The third-order valence-electron chi connectivity index (χ3n) is 8.29. The smallest absolute Gasteiger partial charge is 0.136 e. The molecule has 0 heterocycles. The summed E-state index contributed by atoms with van der Waals surface area (Å²) in [5, 5.41) is 48.2. The molecule has 0 spiro atoms. The van der Waals surface area contributed by atoms with Crippen LogP contribution in [0.15, 0.2) is 77.9 Å². The molecule has 10 nitrogen and oxygen atoms in total. The molecule has 0 bridgehead atoms. The highest BCUT2D eigenvalue weighted by Gasteiger charge is 2.41. The van der Waals surface area contributed by atoms with Gasteiger partial charge in [-0.2, -0.15) is 0 Å². The summed E-state index contributed by atoms with van der Waals surface area (Å²) in [6.07, 6.45) is 3.34. The molecule has 0 radical (unpaired) electrons. The van der Waals surface area contributed by atoms with E-state index in [1.54, 1.807) is 0 Å². The van der Waals surface area contributed by atoms with Gasteiger partial charge in [0.05, 0.1) is 55.9 Å². The molecule has 1 aliphatic rings. The summed E-state index contributed by atoms with van der Waals surface area (Å²) in [7, 11) is 0. The van der Waals surface area contributed by atoms with Gasteiger partial charge in [-0.1, -0.05) is 30.4 Å². The van der Waals surface area contributed by atoms with Crippen LogP contribution in [0.5, 0.6) is 17.2 Å². The van der Waals surface area contributed by atoms with Gasteiger partial charge in [0, 0.05) is 26.5 Å². The van der Waals surface area contributed by atoms with Crippen LogP contribution in [0.25, 0.3) is 11.1 Å². The van der Waals surface area contributed by atoms with E-state index in [1.807, 2.05) is 62.4 Å². The van der Waals surface area contributed by atoms with Crippen LogP contribution in [0.4, 0.5) is 0 Å². The van der Waals surface area contributed by atoms with Crippen molar-refractivity contribution in [3.05, 3.63) is 96.2 Å². The summed E-state index contributed by atoms with van der Waals surface area (Å²) in [6.45, 7) is 3.87. The van der Waals surface area contributed by atoms with Crippen LogP contribution in [0.2, 0.25) is 0 Å². The number of allylic oxidation sites excluding steroid dienone is 1. The molecule has 5 N–H and O–H groups in total. The normalized spacial score (nSPS) is 17.9. The fourth-order valence-corrected chi connectivity index (χ4v) is 8.28. The maximum absolute atomic E-state index is 9.89. The first-order valence-electron chi connectivity index (χ1n) is 16.6. The average Bonchev–Trinajstić information content (AvgIpc) is 3.49. The second-order valence-electron chi connectivity index (χ2n) is 11.5. The summed E-state index contributed by atoms with van der Waals surface area (Å²) in [6, 6.07) is 17.6. The molecular weight excluding hydrogens is 870 g/mol. The second kappa shape index (κ2) is 20.7. The Kier molecular flexibility index (Phi) is 16.7. The Labute approximate surface area is 321 Å². The molecule has 3 aromatic carbocycles. The number of aliphatic hydroxyl groups excluding tert-OH is 5.